The number of benzene rings is 3. The van der Waals surface area contributed by atoms with Crippen LogP contribution in [0.15, 0.2) is 66.9 Å². The highest BCUT2D eigenvalue weighted by atomic mass is 19.1. The topological polar surface area (TPSA) is 43.6 Å². The minimum Gasteiger partial charge on any atom is -0.246 e. The van der Waals surface area contributed by atoms with Crippen molar-refractivity contribution in [2.24, 2.45) is 0 Å². The third kappa shape index (κ3) is 4.02. The average Bonchev–Trinajstić information content (AvgIpc) is 3.30. The smallest absolute Gasteiger partial charge is 0.131 e. The molecular formula is C28H25FN4. The monoisotopic (exact) mass is 436 g/mol. The van der Waals surface area contributed by atoms with Gasteiger partial charge in [0.15, 0.2) is 0 Å². The fraction of sp³-hybridized carbons (Fsp3) is 0.179. The molecule has 0 saturated heterocycles. The number of aromatic nitrogens is 4. The lowest BCUT2D eigenvalue weighted by atomic mass is 9.99. The second kappa shape index (κ2) is 8.24. The normalized spacial score (nSPS) is 11.3. The summed E-state index contributed by atoms with van der Waals surface area (Å²) >= 11 is 0. The molecule has 2 heterocycles. The van der Waals surface area contributed by atoms with E-state index < -0.39 is 0 Å². The lowest BCUT2D eigenvalue weighted by Gasteiger charge is -2.09. The Morgan fingerprint density at radius 1 is 0.818 bits per heavy atom. The first kappa shape index (κ1) is 21.0. The maximum Gasteiger partial charge on any atom is 0.131 e. The van der Waals surface area contributed by atoms with E-state index in [-0.39, 0.29) is 5.82 Å². The summed E-state index contributed by atoms with van der Waals surface area (Å²) in [5.41, 5.74) is 9.83. The Kier molecular flexibility index (Phi) is 5.25. The van der Waals surface area contributed by atoms with E-state index in [1.807, 2.05) is 36.5 Å². The molecule has 0 saturated carbocycles. The number of halogens is 1. The highest BCUT2D eigenvalue weighted by Crippen LogP contribution is 2.25. The molecule has 5 heteroatoms. The molecule has 0 aliphatic carbocycles. The number of hydrogen-bond acceptors (Lipinski definition) is 3. The molecule has 164 valence electrons. The van der Waals surface area contributed by atoms with Crippen molar-refractivity contribution < 1.29 is 4.39 Å². The molecule has 0 unspecified atom stereocenters. The zero-order chi connectivity index (χ0) is 23.1. The predicted octanol–water partition coefficient (Wildman–Crippen LogP) is 6.45. The zero-order valence-electron chi connectivity index (χ0n) is 19.2. The zero-order valence-corrected chi connectivity index (χ0v) is 19.2. The van der Waals surface area contributed by atoms with Gasteiger partial charge in [0, 0.05) is 5.39 Å². The van der Waals surface area contributed by atoms with E-state index in [0.717, 1.165) is 39.1 Å². The van der Waals surface area contributed by atoms with Crippen molar-refractivity contribution >= 4 is 10.9 Å². The largest absolute Gasteiger partial charge is 0.246 e. The van der Waals surface area contributed by atoms with Crippen LogP contribution in [0.25, 0.3) is 28.0 Å². The van der Waals surface area contributed by atoms with Gasteiger partial charge in [-0.2, -0.15) is 0 Å². The Morgan fingerprint density at radius 2 is 1.61 bits per heavy atom. The van der Waals surface area contributed by atoms with E-state index in [1.165, 1.54) is 16.7 Å². The van der Waals surface area contributed by atoms with Crippen molar-refractivity contribution in [1.29, 1.82) is 0 Å². The van der Waals surface area contributed by atoms with Gasteiger partial charge in [-0.15, -0.1) is 5.10 Å². The number of pyridine rings is 1. The van der Waals surface area contributed by atoms with Crippen LogP contribution in [0.5, 0.6) is 0 Å². The second-order valence-corrected chi connectivity index (χ2v) is 8.69. The lowest BCUT2D eigenvalue weighted by molar-refractivity contribution is 0.616. The van der Waals surface area contributed by atoms with Crippen LogP contribution in [0.2, 0.25) is 0 Å². The number of nitrogens with zero attached hydrogens (tertiary/aromatic N) is 4. The molecule has 0 aliphatic rings. The van der Waals surface area contributed by atoms with E-state index in [4.69, 9.17) is 4.98 Å². The number of rotatable bonds is 4. The van der Waals surface area contributed by atoms with Crippen molar-refractivity contribution in [2.45, 2.75) is 34.1 Å². The summed E-state index contributed by atoms with van der Waals surface area (Å²) in [6, 6.07) is 19.8. The third-order valence-electron chi connectivity index (χ3n) is 6.39. The molecule has 33 heavy (non-hydrogen) atoms. The maximum atomic E-state index is 14.0. The van der Waals surface area contributed by atoms with Crippen molar-refractivity contribution in [3.8, 4) is 17.1 Å². The molecule has 2 aromatic heterocycles. The van der Waals surface area contributed by atoms with E-state index in [9.17, 15) is 4.39 Å². The average molecular weight is 437 g/mol. The molecule has 3 aromatic carbocycles. The van der Waals surface area contributed by atoms with Gasteiger partial charge in [-0.25, -0.2) is 14.1 Å². The van der Waals surface area contributed by atoms with Crippen LogP contribution in [0.1, 0.15) is 33.4 Å². The maximum absolute atomic E-state index is 14.0. The Morgan fingerprint density at radius 3 is 2.36 bits per heavy atom. The summed E-state index contributed by atoms with van der Waals surface area (Å²) in [6.07, 6.45) is 2.56. The van der Waals surface area contributed by atoms with Crippen LogP contribution in [0.3, 0.4) is 0 Å². The molecule has 4 nitrogen and oxygen atoms in total. The molecule has 5 aromatic rings. The fourth-order valence-corrected chi connectivity index (χ4v) is 4.13. The first-order chi connectivity index (χ1) is 15.9. The van der Waals surface area contributed by atoms with E-state index in [0.29, 0.717) is 12.0 Å². The fourth-order valence-electron chi connectivity index (χ4n) is 4.13. The number of fused-ring (bicyclic) bond motifs is 1. The van der Waals surface area contributed by atoms with Crippen molar-refractivity contribution in [3.63, 3.8) is 0 Å². The van der Waals surface area contributed by atoms with Crippen molar-refractivity contribution in [2.75, 3.05) is 0 Å². The van der Waals surface area contributed by atoms with Gasteiger partial charge in [-0.3, -0.25) is 0 Å². The van der Waals surface area contributed by atoms with Gasteiger partial charge >= 0.3 is 0 Å². The van der Waals surface area contributed by atoms with Crippen LogP contribution in [-0.2, 0) is 6.42 Å². The summed E-state index contributed by atoms with van der Waals surface area (Å²) in [5, 5.41) is 9.76. The molecule has 0 aliphatic heterocycles. The molecular weight excluding hydrogens is 411 g/mol. The summed E-state index contributed by atoms with van der Waals surface area (Å²) in [7, 11) is 0. The molecule has 0 bridgehead atoms. The number of aryl methyl sites for hydroxylation is 3. The van der Waals surface area contributed by atoms with Crippen LogP contribution in [-0.4, -0.2) is 20.0 Å². The van der Waals surface area contributed by atoms with Gasteiger partial charge in [0.1, 0.15) is 11.5 Å². The molecule has 0 atom stereocenters. The van der Waals surface area contributed by atoms with Crippen LogP contribution in [0, 0.1) is 33.5 Å². The van der Waals surface area contributed by atoms with E-state index in [2.05, 4.69) is 55.3 Å². The third-order valence-corrected chi connectivity index (χ3v) is 6.39. The second-order valence-electron chi connectivity index (χ2n) is 8.69. The molecule has 0 fully saturated rings. The summed E-state index contributed by atoms with van der Waals surface area (Å²) in [4.78, 5) is 4.85. The van der Waals surface area contributed by atoms with Crippen LogP contribution in [0.4, 0.5) is 4.39 Å². The van der Waals surface area contributed by atoms with Crippen molar-refractivity contribution in [3.05, 3.63) is 106 Å². The van der Waals surface area contributed by atoms with Gasteiger partial charge in [0.25, 0.3) is 0 Å². The Hall–Kier alpha value is -3.86. The van der Waals surface area contributed by atoms with Crippen molar-refractivity contribution in [1.82, 2.24) is 20.0 Å². The van der Waals surface area contributed by atoms with Crippen LogP contribution >= 0.6 is 0 Å². The summed E-state index contributed by atoms with van der Waals surface area (Å²) in [5.74, 6) is -0.171. The molecule has 5 rings (SSSR count). The van der Waals surface area contributed by atoms with Gasteiger partial charge < -0.3 is 0 Å². The quantitative estimate of drug-likeness (QED) is 0.325. The standard InChI is InChI=1S/C28H25FN4/c1-17-8-9-21(15-25(17)29)14-22-6-5-7-26-24(22)10-11-27(30-26)28-16-33(32-31-28)23-12-18(2)20(4)19(3)13-23/h5-13,15-16H,14H2,1-4H3. The van der Waals surface area contributed by atoms with Gasteiger partial charge in [-0.05, 0) is 97.8 Å². The lowest BCUT2D eigenvalue weighted by Crippen LogP contribution is -1.98. The minimum atomic E-state index is -0.171. The highest BCUT2D eigenvalue weighted by Gasteiger charge is 2.11. The molecule has 0 spiro atoms. The van der Waals surface area contributed by atoms with Crippen LogP contribution < -0.4 is 0 Å². The predicted molar refractivity (Wildman–Crippen MR) is 130 cm³/mol. The summed E-state index contributed by atoms with van der Waals surface area (Å²) < 4.78 is 15.8. The Bertz CT molecular complexity index is 1480. The first-order valence-electron chi connectivity index (χ1n) is 11.0. The van der Waals surface area contributed by atoms with Gasteiger partial charge in [-0.1, -0.05) is 35.5 Å². The number of hydrogen-bond donors (Lipinski definition) is 0. The Balaban J connectivity index is 1.48. The first-order valence-corrected chi connectivity index (χ1v) is 11.0. The van der Waals surface area contributed by atoms with E-state index >= 15 is 0 Å². The Labute approximate surface area is 192 Å². The molecule has 0 amide bonds. The minimum absolute atomic E-state index is 0.171. The highest BCUT2D eigenvalue weighted by molar-refractivity contribution is 5.84. The summed E-state index contributed by atoms with van der Waals surface area (Å²) in [6.45, 7) is 8.12. The van der Waals surface area contributed by atoms with Gasteiger partial charge in [0.05, 0.1) is 23.1 Å². The molecule has 0 radical (unpaired) electrons. The van der Waals surface area contributed by atoms with E-state index in [1.54, 1.807) is 17.7 Å². The van der Waals surface area contributed by atoms with Gasteiger partial charge in [0.2, 0.25) is 0 Å². The molecule has 0 N–H and O–H groups in total. The SMILES string of the molecule is Cc1ccc(Cc2cccc3nc(-c4cn(-c5cc(C)c(C)c(C)c5)nn4)ccc23)cc1F.